The maximum atomic E-state index is 13.3. The molecule has 0 aliphatic carbocycles. The molecule has 0 unspecified atom stereocenters. The van der Waals surface area contributed by atoms with Crippen molar-refractivity contribution in [3.63, 3.8) is 0 Å². The van der Waals surface area contributed by atoms with Crippen LogP contribution in [0.2, 0.25) is 0 Å². The van der Waals surface area contributed by atoms with Gasteiger partial charge in [0.1, 0.15) is 22.7 Å². The average Bonchev–Trinajstić information content (AvgIpc) is 2.93. The molecule has 1 aromatic carbocycles. The van der Waals surface area contributed by atoms with Crippen LogP contribution in [0.25, 0.3) is 0 Å². The smallest absolute Gasteiger partial charge is 0.339 e. The van der Waals surface area contributed by atoms with Crippen molar-refractivity contribution in [3.05, 3.63) is 51.0 Å². The van der Waals surface area contributed by atoms with Crippen LogP contribution < -0.4 is 11.1 Å². The number of ether oxygens (including phenoxy) is 3. The van der Waals surface area contributed by atoms with Gasteiger partial charge in [-0.1, -0.05) is 29.3 Å². The number of nitrogens with two attached hydrogens (primary N) is 1. The maximum Gasteiger partial charge on any atom is 0.339 e. The Morgan fingerprint density at radius 3 is 2.57 bits per heavy atom. The van der Waals surface area contributed by atoms with Gasteiger partial charge in [-0.3, -0.25) is 0 Å². The molecule has 3 N–H and O–H groups in total. The Morgan fingerprint density at radius 2 is 1.90 bits per heavy atom. The first-order chi connectivity index (χ1) is 14.3. The summed E-state index contributed by atoms with van der Waals surface area (Å²) in [4.78, 5) is 39.4. The Labute approximate surface area is 182 Å². The lowest BCUT2D eigenvalue weighted by Gasteiger charge is -2.36. The number of hydrogen-bond acceptors (Lipinski definition) is 8. The summed E-state index contributed by atoms with van der Waals surface area (Å²) < 4.78 is 16.6. The molecule has 3 rings (SSSR count). The molecule has 160 valence electrons. The van der Waals surface area contributed by atoms with E-state index in [1.807, 2.05) is 6.92 Å². The van der Waals surface area contributed by atoms with Crippen molar-refractivity contribution >= 4 is 39.5 Å². The van der Waals surface area contributed by atoms with E-state index < -0.39 is 23.3 Å². The Bertz CT molecular complexity index is 984. The number of carbonyl (C=O) groups excluding carboxylic acids is 3. The number of cyclic esters (lactones) is 1. The van der Waals surface area contributed by atoms with Gasteiger partial charge >= 0.3 is 17.9 Å². The maximum absolute atomic E-state index is 13.3. The van der Waals surface area contributed by atoms with Crippen molar-refractivity contribution in [2.45, 2.75) is 39.0 Å². The van der Waals surface area contributed by atoms with E-state index in [-0.39, 0.29) is 35.9 Å². The van der Waals surface area contributed by atoms with E-state index in [2.05, 4.69) is 21.2 Å². The first kappa shape index (κ1) is 21.9. The van der Waals surface area contributed by atoms with Crippen molar-refractivity contribution in [1.29, 1.82) is 0 Å². The van der Waals surface area contributed by atoms with Gasteiger partial charge in [0.15, 0.2) is 5.41 Å². The van der Waals surface area contributed by atoms with Crippen molar-refractivity contribution in [3.8, 4) is 0 Å². The van der Waals surface area contributed by atoms with Gasteiger partial charge in [-0.25, -0.2) is 14.4 Å². The number of halogens is 1. The minimum atomic E-state index is -1.89. The predicted molar refractivity (Wildman–Crippen MR) is 112 cm³/mol. The lowest BCUT2D eigenvalue weighted by Crippen LogP contribution is -2.48. The predicted octanol–water partition coefficient (Wildman–Crippen LogP) is 3.02. The van der Waals surface area contributed by atoms with Crippen LogP contribution >= 0.6 is 15.9 Å². The van der Waals surface area contributed by atoms with Crippen molar-refractivity contribution in [2.24, 2.45) is 5.73 Å². The first-order valence-corrected chi connectivity index (χ1v) is 10.4. The van der Waals surface area contributed by atoms with E-state index in [9.17, 15) is 14.4 Å². The molecule has 1 spiro atoms. The molecule has 0 bridgehead atoms. The molecule has 8 nitrogen and oxygen atoms in total. The largest absolute Gasteiger partial charge is 0.462 e. The summed E-state index contributed by atoms with van der Waals surface area (Å²) >= 11 is 3.39. The number of unbranched alkanes of at least 4 members (excludes halogenated alkanes) is 1. The summed E-state index contributed by atoms with van der Waals surface area (Å²) in [5.74, 6) is -2.40. The third-order valence-corrected chi connectivity index (χ3v) is 5.49. The Morgan fingerprint density at radius 1 is 1.20 bits per heavy atom. The number of hydrogen-bond donors (Lipinski definition) is 2. The van der Waals surface area contributed by atoms with Crippen LogP contribution in [0.3, 0.4) is 0 Å². The van der Waals surface area contributed by atoms with Gasteiger partial charge in [-0.15, -0.1) is 0 Å². The van der Waals surface area contributed by atoms with Crippen molar-refractivity contribution in [2.75, 3.05) is 18.5 Å². The summed E-state index contributed by atoms with van der Waals surface area (Å²) in [6.07, 6.45) is 1.46. The molecule has 2 aliphatic heterocycles. The molecule has 1 aromatic rings. The summed E-state index contributed by atoms with van der Waals surface area (Å²) in [5.41, 5.74) is 4.86. The van der Waals surface area contributed by atoms with Gasteiger partial charge in [-0.05, 0) is 38.5 Å². The second-order valence-corrected chi connectivity index (χ2v) is 7.80. The number of anilines is 1. The quantitative estimate of drug-likeness (QED) is 0.364. The highest BCUT2D eigenvalue weighted by atomic mass is 79.9. The van der Waals surface area contributed by atoms with Gasteiger partial charge in [0.2, 0.25) is 0 Å². The fourth-order valence-corrected chi connectivity index (χ4v) is 4.09. The minimum absolute atomic E-state index is 0.0536. The molecule has 0 saturated heterocycles. The number of benzene rings is 1. The zero-order chi connectivity index (χ0) is 22.1. The van der Waals surface area contributed by atoms with Gasteiger partial charge in [0, 0.05) is 15.7 Å². The highest BCUT2D eigenvalue weighted by Crippen LogP contribution is 2.53. The summed E-state index contributed by atoms with van der Waals surface area (Å²) in [6, 6.07) is 5.09. The summed E-state index contributed by atoms with van der Waals surface area (Å²) in [7, 11) is 0. The van der Waals surface area contributed by atoms with E-state index in [0.717, 1.165) is 6.42 Å². The van der Waals surface area contributed by atoms with Crippen LogP contribution in [0, 0.1) is 0 Å². The fraction of sp³-hybridized carbons (Fsp3) is 0.381. The van der Waals surface area contributed by atoms with E-state index in [4.69, 9.17) is 19.9 Å². The zero-order valence-corrected chi connectivity index (χ0v) is 18.6. The van der Waals surface area contributed by atoms with Crippen LogP contribution in [-0.2, 0) is 34.0 Å². The number of carbonyl (C=O) groups is 3. The summed E-state index contributed by atoms with van der Waals surface area (Å²) in [6.45, 7) is 5.32. The number of fused-ring (bicyclic) bond motifs is 2. The molecule has 0 radical (unpaired) electrons. The lowest BCUT2D eigenvalue weighted by atomic mass is 9.67. The van der Waals surface area contributed by atoms with Crippen molar-refractivity contribution in [1.82, 2.24) is 0 Å². The second-order valence-electron chi connectivity index (χ2n) is 6.88. The second kappa shape index (κ2) is 8.51. The molecule has 9 heteroatoms. The number of esters is 3. The number of nitrogens with one attached hydrogen (secondary N) is 1. The Hall–Kier alpha value is -2.81. The average molecular weight is 479 g/mol. The van der Waals surface area contributed by atoms with E-state index >= 15 is 0 Å². The Kier molecular flexibility index (Phi) is 6.21. The number of allylic oxidation sites excluding steroid dienone is 1. The standard InChI is InChI=1S/C21H23BrN2O6/c1-4-6-9-29-19(26)16-17(23)24-14-8-7-12(22)10-13(14)21(16)15(18(25)28-5-2)11(3)30-20(21)27/h7-8,10,24H,4-6,9,23H2,1-3H3/t21-/m1/s1. The molecule has 30 heavy (non-hydrogen) atoms. The van der Waals surface area contributed by atoms with Gasteiger partial charge in [0.05, 0.1) is 13.2 Å². The highest BCUT2D eigenvalue weighted by Gasteiger charge is 2.62. The molecule has 0 aromatic heterocycles. The normalized spacial score (nSPS) is 20.1. The van der Waals surface area contributed by atoms with Crippen LogP contribution in [0.4, 0.5) is 5.69 Å². The van der Waals surface area contributed by atoms with Crippen LogP contribution in [0.5, 0.6) is 0 Å². The first-order valence-electron chi connectivity index (χ1n) is 9.64. The molecular formula is C21H23BrN2O6. The minimum Gasteiger partial charge on any atom is -0.462 e. The lowest BCUT2D eigenvalue weighted by molar-refractivity contribution is -0.147. The van der Waals surface area contributed by atoms with E-state index in [1.165, 1.54) is 6.92 Å². The molecule has 2 heterocycles. The molecule has 0 saturated carbocycles. The Balaban J connectivity index is 2.30. The van der Waals surface area contributed by atoms with Gasteiger partial charge < -0.3 is 25.3 Å². The molecular weight excluding hydrogens is 456 g/mol. The van der Waals surface area contributed by atoms with Crippen LogP contribution in [0.15, 0.2) is 45.4 Å². The molecule has 0 fully saturated rings. The van der Waals surface area contributed by atoms with Crippen molar-refractivity contribution < 1.29 is 28.6 Å². The van der Waals surface area contributed by atoms with E-state index in [1.54, 1.807) is 25.1 Å². The molecule has 1 atom stereocenters. The fourth-order valence-electron chi connectivity index (χ4n) is 3.73. The molecule has 0 amide bonds. The molecule has 2 aliphatic rings. The highest BCUT2D eigenvalue weighted by molar-refractivity contribution is 9.10. The van der Waals surface area contributed by atoms with Crippen LogP contribution in [0.1, 0.15) is 39.2 Å². The van der Waals surface area contributed by atoms with Gasteiger partial charge in [-0.2, -0.15) is 0 Å². The third kappa shape index (κ3) is 3.36. The van der Waals surface area contributed by atoms with E-state index in [0.29, 0.717) is 22.1 Å². The monoisotopic (exact) mass is 478 g/mol. The van der Waals surface area contributed by atoms with Gasteiger partial charge in [0.25, 0.3) is 0 Å². The number of rotatable bonds is 6. The third-order valence-electron chi connectivity index (χ3n) is 4.99. The topological polar surface area (TPSA) is 117 Å². The zero-order valence-electron chi connectivity index (χ0n) is 17.0. The SMILES string of the molecule is CCCCOC(=O)C1=C(N)Nc2ccc(Br)cc2[C@]12C(=O)OC(C)=C2C(=O)OCC. The van der Waals surface area contributed by atoms with Crippen LogP contribution in [-0.4, -0.2) is 31.1 Å². The summed E-state index contributed by atoms with van der Waals surface area (Å²) in [5, 5.41) is 2.94.